The average Bonchev–Trinajstić information content (AvgIpc) is 3.09. The van der Waals surface area contributed by atoms with Gasteiger partial charge in [-0.05, 0) is 24.3 Å². The van der Waals surface area contributed by atoms with Crippen molar-refractivity contribution in [1.29, 1.82) is 0 Å². The summed E-state index contributed by atoms with van der Waals surface area (Å²) < 4.78 is 5.49. The molecule has 1 unspecified atom stereocenters. The summed E-state index contributed by atoms with van der Waals surface area (Å²) in [7, 11) is 3.94. The van der Waals surface area contributed by atoms with E-state index >= 15 is 0 Å². The lowest BCUT2D eigenvalue weighted by molar-refractivity contribution is 0.160. The molecule has 0 aromatic carbocycles. The van der Waals surface area contributed by atoms with Crippen LogP contribution >= 0.6 is 35.3 Å². The van der Waals surface area contributed by atoms with E-state index in [-0.39, 0.29) is 29.4 Å². The van der Waals surface area contributed by atoms with Crippen LogP contribution in [0, 0.1) is 5.41 Å². The number of hydrogen-bond acceptors (Lipinski definition) is 3. The molecule has 2 heterocycles. The van der Waals surface area contributed by atoms with Crippen molar-refractivity contribution in [3.8, 4) is 0 Å². The standard InChI is InChI=1S/C15H25N3OS.HI/c1-15(7-9-19-12-15)11-17-14(16-2)18(3)8-6-13-5-4-10-20-13;/h4-5,10H,6-9,11-12H2,1-3H3,(H,16,17);1H. The summed E-state index contributed by atoms with van der Waals surface area (Å²) in [6, 6.07) is 4.29. The molecular weight excluding hydrogens is 397 g/mol. The zero-order valence-electron chi connectivity index (χ0n) is 13.1. The second kappa shape index (κ2) is 8.95. The van der Waals surface area contributed by atoms with Gasteiger partial charge in [-0.2, -0.15) is 0 Å². The van der Waals surface area contributed by atoms with E-state index < -0.39 is 0 Å². The lowest BCUT2D eigenvalue weighted by atomic mass is 9.90. The molecule has 0 amide bonds. The normalized spacial score (nSPS) is 22.0. The van der Waals surface area contributed by atoms with Crippen LogP contribution in [-0.4, -0.2) is 51.3 Å². The van der Waals surface area contributed by atoms with Gasteiger partial charge in [0, 0.05) is 44.1 Å². The number of hydrogen-bond donors (Lipinski definition) is 1. The SMILES string of the molecule is CN=C(NCC1(C)CCOC1)N(C)CCc1cccs1.I. The van der Waals surface area contributed by atoms with Gasteiger partial charge in [0.05, 0.1) is 6.61 Å². The molecule has 1 aromatic rings. The number of guanidine groups is 1. The number of nitrogens with zero attached hydrogens (tertiary/aromatic N) is 2. The van der Waals surface area contributed by atoms with E-state index in [1.54, 1.807) is 0 Å². The predicted molar refractivity (Wildman–Crippen MR) is 101 cm³/mol. The maximum atomic E-state index is 5.49. The van der Waals surface area contributed by atoms with Crippen LogP contribution in [0.25, 0.3) is 0 Å². The van der Waals surface area contributed by atoms with Gasteiger partial charge >= 0.3 is 0 Å². The third kappa shape index (κ3) is 5.75. The van der Waals surface area contributed by atoms with Crippen molar-refractivity contribution in [3.63, 3.8) is 0 Å². The molecule has 0 radical (unpaired) electrons. The lowest BCUT2D eigenvalue weighted by Gasteiger charge is -2.27. The Balaban J connectivity index is 0.00000220. The van der Waals surface area contributed by atoms with Crippen LogP contribution < -0.4 is 5.32 Å². The molecular formula is C15H26IN3OS. The highest BCUT2D eigenvalue weighted by Crippen LogP contribution is 2.26. The van der Waals surface area contributed by atoms with Crippen molar-refractivity contribution < 1.29 is 4.74 Å². The number of aliphatic imine (C=N–C) groups is 1. The van der Waals surface area contributed by atoms with E-state index in [0.717, 1.165) is 45.1 Å². The Bertz CT molecular complexity index is 430. The highest BCUT2D eigenvalue weighted by atomic mass is 127. The molecule has 1 saturated heterocycles. The molecule has 2 rings (SSSR count). The first-order valence-electron chi connectivity index (χ1n) is 7.15. The molecule has 0 spiro atoms. The van der Waals surface area contributed by atoms with E-state index in [9.17, 15) is 0 Å². The van der Waals surface area contributed by atoms with Crippen molar-refractivity contribution in [2.75, 3.05) is 40.4 Å². The second-order valence-electron chi connectivity index (χ2n) is 5.76. The van der Waals surface area contributed by atoms with Crippen LogP contribution in [0.2, 0.25) is 0 Å². The Morgan fingerprint density at radius 1 is 1.57 bits per heavy atom. The summed E-state index contributed by atoms with van der Waals surface area (Å²) in [5.74, 6) is 0.967. The van der Waals surface area contributed by atoms with E-state index in [1.165, 1.54) is 4.88 Å². The van der Waals surface area contributed by atoms with Crippen molar-refractivity contribution >= 4 is 41.3 Å². The summed E-state index contributed by atoms with van der Waals surface area (Å²) >= 11 is 1.81. The second-order valence-corrected chi connectivity index (χ2v) is 6.80. The minimum Gasteiger partial charge on any atom is -0.381 e. The molecule has 1 fully saturated rings. The third-order valence-corrected chi connectivity index (χ3v) is 4.76. The molecule has 21 heavy (non-hydrogen) atoms. The summed E-state index contributed by atoms with van der Waals surface area (Å²) in [5.41, 5.74) is 0.241. The Hall–Kier alpha value is -0.340. The molecule has 1 aliphatic heterocycles. The van der Waals surface area contributed by atoms with Gasteiger partial charge in [0.1, 0.15) is 0 Å². The van der Waals surface area contributed by atoms with E-state index in [2.05, 4.69) is 46.7 Å². The fourth-order valence-electron chi connectivity index (χ4n) is 2.36. The molecule has 1 aromatic heterocycles. The van der Waals surface area contributed by atoms with E-state index in [1.807, 2.05) is 18.4 Å². The number of thiophene rings is 1. The zero-order valence-corrected chi connectivity index (χ0v) is 16.2. The molecule has 1 N–H and O–H groups in total. The smallest absolute Gasteiger partial charge is 0.193 e. The number of ether oxygens (including phenoxy) is 1. The van der Waals surface area contributed by atoms with Crippen LogP contribution in [0.1, 0.15) is 18.2 Å². The van der Waals surface area contributed by atoms with Gasteiger partial charge in [-0.3, -0.25) is 4.99 Å². The predicted octanol–water partition coefficient (Wildman–Crippen LogP) is 2.84. The van der Waals surface area contributed by atoms with Crippen LogP contribution in [-0.2, 0) is 11.2 Å². The molecule has 1 atom stereocenters. The van der Waals surface area contributed by atoms with E-state index in [0.29, 0.717) is 0 Å². The number of nitrogens with one attached hydrogen (secondary N) is 1. The number of halogens is 1. The number of likely N-dealkylation sites (N-methyl/N-ethyl adjacent to an activating group) is 1. The lowest BCUT2D eigenvalue weighted by Crippen LogP contribution is -2.44. The van der Waals surface area contributed by atoms with Crippen LogP contribution in [0.15, 0.2) is 22.5 Å². The molecule has 0 saturated carbocycles. The minimum atomic E-state index is 0. The van der Waals surface area contributed by atoms with Crippen molar-refractivity contribution in [3.05, 3.63) is 22.4 Å². The summed E-state index contributed by atoms with van der Waals surface area (Å²) in [6.45, 7) is 5.89. The highest BCUT2D eigenvalue weighted by molar-refractivity contribution is 14.0. The van der Waals surface area contributed by atoms with Crippen molar-refractivity contribution in [2.24, 2.45) is 10.4 Å². The summed E-state index contributed by atoms with van der Waals surface area (Å²) in [6.07, 6.45) is 2.19. The highest BCUT2D eigenvalue weighted by Gasteiger charge is 2.29. The maximum Gasteiger partial charge on any atom is 0.193 e. The molecule has 120 valence electrons. The van der Waals surface area contributed by atoms with Crippen molar-refractivity contribution in [2.45, 2.75) is 19.8 Å². The topological polar surface area (TPSA) is 36.9 Å². The monoisotopic (exact) mass is 423 g/mol. The minimum absolute atomic E-state index is 0. The quantitative estimate of drug-likeness (QED) is 0.450. The summed E-state index contributed by atoms with van der Waals surface area (Å²) in [5, 5.41) is 5.61. The first kappa shape index (κ1) is 18.7. The van der Waals surface area contributed by atoms with E-state index in [4.69, 9.17) is 4.74 Å². The van der Waals surface area contributed by atoms with Gasteiger partial charge in [0.25, 0.3) is 0 Å². The molecule has 1 aliphatic rings. The molecule has 4 nitrogen and oxygen atoms in total. The largest absolute Gasteiger partial charge is 0.381 e. The van der Waals surface area contributed by atoms with Crippen LogP contribution in [0.4, 0.5) is 0 Å². The Morgan fingerprint density at radius 3 is 2.95 bits per heavy atom. The number of rotatable bonds is 5. The van der Waals surface area contributed by atoms with Gasteiger partial charge < -0.3 is 15.0 Å². The molecule has 0 aliphatic carbocycles. The summed E-state index contributed by atoms with van der Waals surface area (Å²) in [4.78, 5) is 7.99. The Labute approximate surface area is 149 Å². The van der Waals surface area contributed by atoms with Gasteiger partial charge in [0.15, 0.2) is 5.96 Å². The zero-order chi connectivity index (χ0) is 14.4. The first-order chi connectivity index (χ1) is 9.63. The van der Waals surface area contributed by atoms with Crippen LogP contribution in [0.5, 0.6) is 0 Å². The third-order valence-electron chi connectivity index (χ3n) is 3.82. The van der Waals surface area contributed by atoms with Gasteiger partial charge in [0.2, 0.25) is 0 Å². The van der Waals surface area contributed by atoms with Gasteiger partial charge in [-0.1, -0.05) is 13.0 Å². The Morgan fingerprint density at radius 2 is 2.38 bits per heavy atom. The fourth-order valence-corrected chi connectivity index (χ4v) is 3.06. The average molecular weight is 423 g/mol. The molecule has 6 heteroatoms. The van der Waals surface area contributed by atoms with Crippen LogP contribution in [0.3, 0.4) is 0 Å². The van der Waals surface area contributed by atoms with Gasteiger partial charge in [-0.25, -0.2) is 0 Å². The fraction of sp³-hybridized carbons (Fsp3) is 0.667. The maximum absolute atomic E-state index is 5.49. The van der Waals surface area contributed by atoms with Crippen molar-refractivity contribution in [1.82, 2.24) is 10.2 Å². The van der Waals surface area contributed by atoms with Gasteiger partial charge in [-0.15, -0.1) is 35.3 Å². The first-order valence-corrected chi connectivity index (χ1v) is 8.03. The Kier molecular flexibility index (Phi) is 7.97. The molecule has 0 bridgehead atoms.